The second-order valence-electron chi connectivity index (χ2n) is 6.23. The van der Waals surface area contributed by atoms with Gasteiger partial charge in [-0.3, -0.25) is 0 Å². The average molecular weight is 348 g/mol. The van der Waals surface area contributed by atoms with Crippen LogP contribution in [0.5, 0.6) is 5.75 Å². The van der Waals surface area contributed by atoms with Crippen molar-refractivity contribution in [3.8, 4) is 5.75 Å². The Morgan fingerprint density at radius 1 is 1.21 bits per heavy atom. The Hall–Kier alpha value is -2.12. The van der Waals surface area contributed by atoms with Gasteiger partial charge < -0.3 is 20.5 Å². The molecule has 24 heavy (non-hydrogen) atoms. The lowest BCUT2D eigenvalue weighted by Crippen LogP contribution is -2.33. The van der Waals surface area contributed by atoms with E-state index in [1.54, 1.807) is 20.8 Å². The van der Waals surface area contributed by atoms with Crippen molar-refractivity contribution in [3.05, 3.63) is 23.8 Å². The van der Waals surface area contributed by atoms with Gasteiger partial charge in [-0.15, -0.1) is 0 Å². The zero-order valence-corrected chi connectivity index (χ0v) is 14.0. The Balaban J connectivity index is 2.32. The largest absolute Gasteiger partial charge is 0.491 e. The molecule has 0 bridgehead atoms. The van der Waals surface area contributed by atoms with E-state index < -0.39 is 23.4 Å². The summed E-state index contributed by atoms with van der Waals surface area (Å²) in [7, 11) is 0. The predicted molar refractivity (Wildman–Crippen MR) is 84.8 cm³/mol. The Kier molecular flexibility index (Phi) is 6.74. The molecule has 1 aromatic rings. The minimum atomic E-state index is -4.44. The number of nitrogens with one attached hydrogen (secondary N) is 1. The molecule has 0 saturated heterocycles. The molecule has 0 saturated carbocycles. The van der Waals surface area contributed by atoms with Crippen LogP contribution in [0.25, 0.3) is 0 Å². The summed E-state index contributed by atoms with van der Waals surface area (Å²) in [5.41, 5.74) is 4.39. The molecule has 0 heterocycles. The number of nitrogen functional groups attached to an aromatic ring is 1. The van der Waals surface area contributed by atoms with Crippen molar-refractivity contribution < 1.29 is 27.4 Å². The fourth-order valence-electron chi connectivity index (χ4n) is 1.75. The van der Waals surface area contributed by atoms with Gasteiger partial charge >= 0.3 is 12.3 Å². The van der Waals surface area contributed by atoms with Gasteiger partial charge in [-0.2, -0.15) is 13.2 Å². The first-order valence-electron chi connectivity index (χ1n) is 7.55. The summed E-state index contributed by atoms with van der Waals surface area (Å²) in [6.07, 6.45) is -3.81. The van der Waals surface area contributed by atoms with Crippen molar-refractivity contribution in [3.63, 3.8) is 0 Å². The molecule has 1 amide bonds. The molecule has 0 atom stereocenters. The third-order valence-corrected chi connectivity index (χ3v) is 2.84. The Morgan fingerprint density at radius 2 is 1.88 bits per heavy atom. The Labute approximate surface area is 139 Å². The van der Waals surface area contributed by atoms with Crippen LogP contribution in [0.4, 0.5) is 23.7 Å². The van der Waals surface area contributed by atoms with Crippen LogP contribution in [-0.2, 0) is 10.9 Å². The number of halogens is 3. The smallest absolute Gasteiger partial charge is 0.416 e. The number of rotatable bonds is 6. The minimum absolute atomic E-state index is 0.00456. The van der Waals surface area contributed by atoms with E-state index in [-0.39, 0.29) is 18.0 Å². The van der Waals surface area contributed by atoms with E-state index in [0.717, 1.165) is 12.1 Å². The average Bonchev–Trinajstić information content (AvgIpc) is 2.41. The molecular formula is C16H23F3N2O3. The first-order chi connectivity index (χ1) is 11.0. The van der Waals surface area contributed by atoms with Crippen molar-refractivity contribution in [1.82, 2.24) is 5.32 Å². The maximum absolute atomic E-state index is 12.6. The number of benzene rings is 1. The highest BCUT2D eigenvalue weighted by atomic mass is 19.4. The molecule has 3 N–H and O–H groups in total. The van der Waals surface area contributed by atoms with Gasteiger partial charge in [0.2, 0.25) is 0 Å². The first kappa shape index (κ1) is 19.9. The van der Waals surface area contributed by atoms with Crippen LogP contribution < -0.4 is 15.8 Å². The summed E-state index contributed by atoms with van der Waals surface area (Å²) in [5, 5.41) is 2.59. The number of hydrogen-bond acceptors (Lipinski definition) is 4. The second-order valence-corrected chi connectivity index (χ2v) is 6.23. The molecule has 0 radical (unpaired) electrons. The third kappa shape index (κ3) is 7.43. The van der Waals surface area contributed by atoms with Gasteiger partial charge in [0.15, 0.2) is 0 Å². The van der Waals surface area contributed by atoms with E-state index in [4.69, 9.17) is 15.2 Å². The highest BCUT2D eigenvalue weighted by molar-refractivity contribution is 5.67. The van der Waals surface area contributed by atoms with Gasteiger partial charge in [0, 0.05) is 6.54 Å². The van der Waals surface area contributed by atoms with E-state index in [1.807, 2.05) is 0 Å². The van der Waals surface area contributed by atoms with Gasteiger partial charge in [0.1, 0.15) is 11.4 Å². The maximum atomic E-state index is 12.6. The lowest BCUT2D eigenvalue weighted by molar-refractivity contribution is -0.137. The van der Waals surface area contributed by atoms with Crippen molar-refractivity contribution in [2.75, 3.05) is 18.9 Å². The Morgan fingerprint density at radius 3 is 2.46 bits per heavy atom. The number of nitrogens with two attached hydrogens (primary N) is 1. The zero-order valence-electron chi connectivity index (χ0n) is 14.0. The molecule has 8 heteroatoms. The van der Waals surface area contributed by atoms with E-state index >= 15 is 0 Å². The monoisotopic (exact) mass is 348 g/mol. The molecule has 0 aliphatic rings. The van der Waals surface area contributed by atoms with E-state index in [0.29, 0.717) is 19.4 Å². The molecule has 0 unspecified atom stereocenters. The number of ether oxygens (including phenoxy) is 2. The SMILES string of the molecule is CC(C)(C)OC(=O)NCCCCOc1cc(C(F)(F)F)ccc1N. The molecular weight excluding hydrogens is 325 g/mol. The maximum Gasteiger partial charge on any atom is 0.416 e. The topological polar surface area (TPSA) is 73.6 Å². The highest BCUT2D eigenvalue weighted by Gasteiger charge is 2.31. The lowest BCUT2D eigenvalue weighted by atomic mass is 10.2. The first-order valence-corrected chi connectivity index (χ1v) is 7.55. The fourth-order valence-corrected chi connectivity index (χ4v) is 1.75. The van der Waals surface area contributed by atoms with Gasteiger partial charge in [-0.25, -0.2) is 4.79 Å². The molecule has 0 spiro atoms. The number of unbranched alkanes of at least 4 members (excludes halogenated alkanes) is 1. The summed E-state index contributed by atoms with van der Waals surface area (Å²) >= 11 is 0. The van der Waals surface area contributed by atoms with Gasteiger partial charge in [-0.05, 0) is 51.8 Å². The van der Waals surface area contributed by atoms with E-state index in [1.165, 1.54) is 6.07 Å². The molecule has 136 valence electrons. The molecule has 0 aliphatic heterocycles. The lowest BCUT2D eigenvalue weighted by Gasteiger charge is -2.19. The number of anilines is 1. The summed E-state index contributed by atoms with van der Waals surface area (Å²) in [5.74, 6) is 0.00456. The second kappa shape index (κ2) is 8.12. The van der Waals surface area contributed by atoms with Crippen LogP contribution in [0.2, 0.25) is 0 Å². The zero-order chi connectivity index (χ0) is 18.4. The summed E-state index contributed by atoms with van der Waals surface area (Å²) in [4.78, 5) is 11.4. The summed E-state index contributed by atoms with van der Waals surface area (Å²) in [6, 6.07) is 2.96. The third-order valence-electron chi connectivity index (χ3n) is 2.84. The van der Waals surface area contributed by atoms with Crippen LogP contribution in [0, 0.1) is 0 Å². The van der Waals surface area contributed by atoms with Crippen molar-refractivity contribution in [1.29, 1.82) is 0 Å². The minimum Gasteiger partial charge on any atom is -0.491 e. The molecule has 0 aromatic heterocycles. The van der Waals surface area contributed by atoms with Crippen LogP contribution in [0.3, 0.4) is 0 Å². The fraction of sp³-hybridized carbons (Fsp3) is 0.562. The summed E-state index contributed by atoms with van der Waals surface area (Å²) in [6.45, 7) is 5.87. The number of amides is 1. The molecule has 0 fully saturated rings. The number of alkyl carbamates (subject to hydrolysis) is 1. The van der Waals surface area contributed by atoms with E-state index in [2.05, 4.69) is 5.32 Å². The number of hydrogen-bond donors (Lipinski definition) is 2. The van der Waals surface area contributed by atoms with Crippen LogP contribution in [0.15, 0.2) is 18.2 Å². The predicted octanol–water partition coefficient (Wildman–Crippen LogP) is 3.97. The van der Waals surface area contributed by atoms with Crippen molar-refractivity contribution in [2.24, 2.45) is 0 Å². The highest BCUT2D eigenvalue weighted by Crippen LogP contribution is 2.34. The summed E-state index contributed by atoms with van der Waals surface area (Å²) < 4.78 is 48.3. The van der Waals surface area contributed by atoms with Crippen LogP contribution in [0.1, 0.15) is 39.2 Å². The number of alkyl halides is 3. The van der Waals surface area contributed by atoms with Crippen LogP contribution in [-0.4, -0.2) is 24.8 Å². The van der Waals surface area contributed by atoms with Crippen LogP contribution >= 0.6 is 0 Å². The number of carbonyl (C=O) groups is 1. The van der Waals surface area contributed by atoms with Crippen molar-refractivity contribution in [2.45, 2.75) is 45.4 Å². The molecule has 5 nitrogen and oxygen atoms in total. The standard InChI is InChI=1S/C16H23F3N2O3/c1-15(2,3)24-14(22)21-8-4-5-9-23-13-10-11(16(17,18)19)6-7-12(13)20/h6-7,10H,4-5,8-9,20H2,1-3H3,(H,21,22). The van der Waals surface area contributed by atoms with Gasteiger partial charge in [-0.1, -0.05) is 0 Å². The molecule has 1 aromatic carbocycles. The quantitative estimate of drug-likeness (QED) is 0.603. The van der Waals surface area contributed by atoms with Gasteiger partial charge in [0.05, 0.1) is 17.9 Å². The van der Waals surface area contributed by atoms with Crippen molar-refractivity contribution >= 4 is 11.8 Å². The molecule has 1 rings (SSSR count). The normalized spacial score (nSPS) is 11.9. The van der Waals surface area contributed by atoms with Gasteiger partial charge in [0.25, 0.3) is 0 Å². The molecule has 0 aliphatic carbocycles. The van der Waals surface area contributed by atoms with E-state index in [9.17, 15) is 18.0 Å². The Bertz CT molecular complexity index is 554. The number of carbonyl (C=O) groups excluding carboxylic acids is 1.